The summed E-state index contributed by atoms with van der Waals surface area (Å²) in [6, 6.07) is 21.7. The fourth-order valence-electron chi connectivity index (χ4n) is 5.52. The van der Waals surface area contributed by atoms with Crippen LogP contribution in [0.4, 0.5) is 0 Å². The summed E-state index contributed by atoms with van der Waals surface area (Å²) in [7, 11) is 0. The predicted molar refractivity (Wildman–Crippen MR) is 137 cm³/mol. The first-order chi connectivity index (χ1) is 15.2. The van der Waals surface area contributed by atoms with Crippen LogP contribution in [0.2, 0.25) is 13.3 Å². The summed E-state index contributed by atoms with van der Waals surface area (Å²) in [5.74, 6) is 0.721. The number of ketones is 1. The second-order valence-electron chi connectivity index (χ2n) is 9.34. The molecule has 0 N–H and O–H groups in total. The number of carbonyl (C=O) groups excluding carboxylic acids is 1. The van der Waals surface area contributed by atoms with Crippen molar-refractivity contribution in [3.63, 3.8) is 0 Å². The number of hydrogen-bond donors (Lipinski definition) is 0. The van der Waals surface area contributed by atoms with Crippen LogP contribution in [-0.4, -0.2) is 24.2 Å². The van der Waals surface area contributed by atoms with Crippen LogP contribution in [0, 0.1) is 0 Å². The van der Waals surface area contributed by atoms with Crippen molar-refractivity contribution in [1.82, 2.24) is 0 Å². The molecule has 0 radical (unpaired) electrons. The van der Waals surface area contributed by atoms with E-state index in [9.17, 15) is 4.79 Å². The summed E-state index contributed by atoms with van der Waals surface area (Å²) in [6.45, 7) is 6.93. The van der Waals surface area contributed by atoms with Gasteiger partial charge in [0, 0.05) is 0 Å². The number of unbranched alkanes of at least 4 members (excludes halogenated alkanes) is 3. The van der Waals surface area contributed by atoms with Crippen LogP contribution in [0.15, 0.2) is 64.3 Å². The van der Waals surface area contributed by atoms with Crippen molar-refractivity contribution in [2.75, 3.05) is 0 Å². The van der Waals surface area contributed by atoms with E-state index in [1.54, 1.807) is 0 Å². The number of rotatable bonds is 12. The topological polar surface area (TPSA) is 17.1 Å². The summed E-state index contributed by atoms with van der Waals surface area (Å²) in [6.07, 6.45) is 8.26. The number of hydrogen-bond acceptors (Lipinski definition) is 1. The van der Waals surface area contributed by atoms with E-state index in [1.165, 1.54) is 72.1 Å². The third kappa shape index (κ3) is 5.72. The fraction of sp³-hybridized carbons (Fsp3) is 0.483. The summed E-state index contributed by atoms with van der Waals surface area (Å²) in [5, 5.41) is 0. The van der Waals surface area contributed by atoms with Gasteiger partial charge >= 0.3 is 195 Å². The molecule has 1 aliphatic carbocycles. The van der Waals surface area contributed by atoms with Gasteiger partial charge in [-0.3, -0.25) is 0 Å². The molecular weight excluding hydrogens is 483 g/mol. The Bertz CT molecular complexity index is 831. The Morgan fingerprint density at radius 2 is 1.23 bits per heavy atom. The van der Waals surface area contributed by atoms with Gasteiger partial charge in [-0.1, -0.05) is 0 Å². The van der Waals surface area contributed by atoms with E-state index in [0.29, 0.717) is 12.2 Å². The van der Waals surface area contributed by atoms with Crippen LogP contribution >= 0.6 is 0 Å². The number of carbonyl (C=O) groups is 1. The molecule has 0 heterocycles. The van der Waals surface area contributed by atoms with Crippen LogP contribution < -0.4 is 0 Å². The van der Waals surface area contributed by atoms with Crippen molar-refractivity contribution in [3.8, 4) is 0 Å². The van der Waals surface area contributed by atoms with E-state index in [4.69, 9.17) is 0 Å². The third-order valence-corrected chi connectivity index (χ3v) is 22.9. The average molecular weight is 523 g/mol. The molecule has 0 aliphatic heterocycles. The van der Waals surface area contributed by atoms with Crippen LogP contribution in [-0.2, 0) is 4.79 Å². The van der Waals surface area contributed by atoms with Gasteiger partial charge in [0.25, 0.3) is 0 Å². The molecule has 1 aliphatic rings. The SMILES string of the molecule is CCC[CH2][Sn]([CH2]CCC)([CH2]CCC)[C]1=C(c2ccccc2)C(c2ccccc2)CC1=O. The van der Waals surface area contributed by atoms with Gasteiger partial charge in [-0.15, -0.1) is 0 Å². The summed E-state index contributed by atoms with van der Waals surface area (Å²) in [4.78, 5) is 13.9. The summed E-state index contributed by atoms with van der Waals surface area (Å²) in [5.41, 5.74) is 4.02. The van der Waals surface area contributed by atoms with Gasteiger partial charge in [0.15, 0.2) is 0 Å². The maximum absolute atomic E-state index is 13.9. The molecule has 1 unspecified atom stereocenters. The Hall–Kier alpha value is -1.35. The standard InChI is InChI=1S/C17H13O.3C4H9.Sn/c18-15-11-16(13-7-3-1-4-8-13)17(12-15)14-9-5-2-6-10-14;3*1-3-4-2;/h1-10,16H,11H2;3*1,3-4H2,2H3;. The minimum absolute atomic E-state index is 0.229. The molecular formula is C29H40OSn. The van der Waals surface area contributed by atoms with Crippen molar-refractivity contribution in [2.45, 2.75) is 84.9 Å². The molecule has 0 aromatic heterocycles. The maximum atomic E-state index is 13.9. The summed E-state index contributed by atoms with van der Waals surface area (Å²) >= 11 is -2.85. The molecule has 0 bridgehead atoms. The molecule has 0 spiro atoms. The Kier molecular flexibility index (Phi) is 9.44. The normalized spacial score (nSPS) is 16.9. The van der Waals surface area contributed by atoms with E-state index in [1.807, 2.05) is 0 Å². The Labute approximate surface area is 194 Å². The van der Waals surface area contributed by atoms with Gasteiger partial charge in [0.2, 0.25) is 0 Å². The molecule has 0 fully saturated rings. The molecule has 31 heavy (non-hydrogen) atoms. The first kappa shape index (κ1) is 24.3. The zero-order valence-corrected chi connectivity index (χ0v) is 22.7. The molecule has 0 amide bonds. The van der Waals surface area contributed by atoms with Crippen LogP contribution in [0.25, 0.3) is 5.57 Å². The first-order valence-corrected chi connectivity index (χ1v) is 20.0. The zero-order chi connectivity index (χ0) is 22.1. The monoisotopic (exact) mass is 524 g/mol. The quantitative estimate of drug-likeness (QED) is 0.255. The van der Waals surface area contributed by atoms with Gasteiger partial charge in [-0.05, 0) is 0 Å². The van der Waals surface area contributed by atoms with Crippen molar-refractivity contribution < 1.29 is 4.79 Å². The molecule has 1 atom stereocenters. The third-order valence-electron chi connectivity index (χ3n) is 7.13. The molecule has 2 heteroatoms. The van der Waals surface area contributed by atoms with Gasteiger partial charge in [0.05, 0.1) is 0 Å². The number of benzene rings is 2. The van der Waals surface area contributed by atoms with Gasteiger partial charge in [0.1, 0.15) is 0 Å². The van der Waals surface area contributed by atoms with E-state index in [0.717, 1.165) is 0 Å². The fourth-order valence-corrected chi connectivity index (χ4v) is 23.1. The number of allylic oxidation sites excluding steroid dienone is 2. The molecule has 2 aromatic rings. The zero-order valence-electron chi connectivity index (χ0n) is 19.8. The van der Waals surface area contributed by atoms with E-state index in [-0.39, 0.29) is 5.92 Å². The van der Waals surface area contributed by atoms with E-state index >= 15 is 0 Å². The van der Waals surface area contributed by atoms with Crippen molar-refractivity contribution in [2.24, 2.45) is 0 Å². The Balaban J connectivity index is 2.22. The summed E-state index contributed by atoms with van der Waals surface area (Å²) < 4.78 is 5.45. The van der Waals surface area contributed by atoms with Gasteiger partial charge in [-0.25, -0.2) is 0 Å². The second-order valence-corrected chi connectivity index (χ2v) is 22.4. The molecule has 3 rings (SSSR count). The van der Waals surface area contributed by atoms with Crippen molar-refractivity contribution >= 4 is 29.7 Å². The van der Waals surface area contributed by atoms with Crippen molar-refractivity contribution in [3.05, 3.63) is 75.4 Å². The van der Waals surface area contributed by atoms with Crippen LogP contribution in [0.1, 0.15) is 82.8 Å². The van der Waals surface area contributed by atoms with Crippen molar-refractivity contribution in [1.29, 1.82) is 0 Å². The number of Topliss-reactive ketones (excluding diaryl/α,β-unsaturated/α-hetero) is 1. The average Bonchev–Trinajstić information content (AvgIpc) is 3.18. The van der Waals surface area contributed by atoms with E-state index in [2.05, 4.69) is 81.4 Å². The Morgan fingerprint density at radius 3 is 1.71 bits per heavy atom. The van der Waals surface area contributed by atoms with Gasteiger partial charge in [-0.2, -0.15) is 0 Å². The van der Waals surface area contributed by atoms with Gasteiger partial charge < -0.3 is 0 Å². The first-order valence-electron chi connectivity index (χ1n) is 12.5. The molecule has 2 aromatic carbocycles. The van der Waals surface area contributed by atoms with E-state index < -0.39 is 18.4 Å². The van der Waals surface area contributed by atoms with Crippen LogP contribution in [0.3, 0.4) is 0 Å². The molecule has 0 saturated carbocycles. The molecule has 1 nitrogen and oxygen atoms in total. The second kappa shape index (κ2) is 12.0. The minimum atomic E-state index is -2.85. The molecule has 166 valence electrons. The molecule has 0 saturated heterocycles. The van der Waals surface area contributed by atoms with Crippen LogP contribution in [0.5, 0.6) is 0 Å². The Morgan fingerprint density at radius 1 is 0.742 bits per heavy atom. The predicted octanol–water partition coefficient (Wildman–Crippen LogP) is 8.59.